The van der Waals surface area contributed by atoms with E-state index in [1.165, 1.54) is 6.20 Å². The Morgan fingerprint density at radius 1 is 1.44 bits per heavy atom. The Morgan fingerprint density at radius 3 is 2.72 bits per heavy atom. The molecule has 0 unspecified atom stereocenters. The maximum Gasteiger partial charge on any atom is 0.266 e. The summed E-state index contributed by atoms with van der Waals surface area (Å²) in [6.07, 6.45) is 1.50. The first-order valence-corrected chi connectivity index (χ1v) is 5.57. The largest absolute Gasteiger partial charge is 0.290 e. The number of carbonyl (C=O) groups excluding carboxylic acids is 1. The molecule has 2 heterocycles. The summed E-state index contributed by atoms with van der Waals surface area (Å²) < 4.78 is 1.88. The van der Waals surface area contributed by atoms with Crippen LogP contribution >= 0.6 is 0 Å². The van der Waals surface area contributed by atoms with E-state index in [2.05, 4.69) is 15.5 Å². The van der Waals surface area contributed by atoms with Gasteiger partial charge in [-0.2, -0.15) is 5.10 Å². The number of nitrogen functional groups attached to an aromatic ring is 1. The second-order valence-electron chi connectivity index (χ2n) is 4.10. The van der Waals surface area contributed by atoms with Crippen LogP contribution in [0.3, 0.4) is 0 Å². The highest BCUT2D eigenvalue weighted by Crippen LogP contribution is 2.06. The van der Waals surface area contributed by atoms with Crippen molar-refractivity contribution in [2.45, 2.75) is 20.4 Å². The van der Waals surface area contributed by atoms with Gasteiger partial charge < -0.3 is 0 Å². The zero-order valence-corrected chi connectivity index (χ0v) is 10.3. The Kier molecular flexibility index (Phi) is 3.38. The number of aryl methyl sites for hydroxylation is 2. The molecule has 2 aromatic heterocycles. The van der Waals surface area contributed by atoms with Gasteiger partial charge in [0.25, 0.3) is 5.91 Å². The number of aromatic nitrogens is 3. The van der Waals surface area contributed by atoms with Crippen LogP contribution in [0.1, 0.15) is 27.4 Å². The van der Waals surface area contributed by atoms with E-state index >= 15 is 0 Å². The van der Waals surface area contributed by atoms with E-state index in [1.807, 2.05) is 24.6 Å². The normalized spacial score (nSPS) is 10.4. The van der Waals surface area contributed by atoms with Gasteiger partial charge in [0, 0.05) is 11.9 Å². The first-order valence-electron chi connectivity index (χ1n) is 5.57. The van der Waals surface area contributed by atoms with Crippen LogP contribution in [0.2, 0.25) is 0 Å². The summed E-state index contributed by atoms with van der Waals surface area (Å²) in [6.45, 7) is 4.53. The topological polar surface area (TPSA) is 85.8 Å². The van der Waals surface area contributed by atoms with Gasteiger partial charge in [-0.1, -0.05) is 0 Å². The smallest absolute Gasteiger partial charge is 0.266 e. The molecule has 18 heavy (non-hydrogen) atoms. The third-order valence-corrected chi connectivity index (χ3v) is 2.63. The lowest BCUT2D eigenvalue weighted by Crippen LogP contribution is -2.30. The molecular weight excluding hydrogens is 230 g/mol. The van der Waals surface area contributed by atoms with E-state index in [-0.39, 0.29) is 5.91 Å². The number of pyridine rings is 1. The van der Waals surface area contributed by atoms with Crippen LogP contribution in [0.5, 0.6) is 0 Å². The van der Waals surface area contributed by atoms with Crippen LogP contribution in [-0.2, 0) is 6.54 Å². The molecule has 3 N–H and O–H groups in total. The van der Waals surface area contributed by atoms with Crippen molar-refractivity contribution in [3.8, 4) is 0 Å². The number of amides is 1. The average molecular weight is 245 g/mol. The molecule has 1 amide bonds. The molecule has 0 atom stereocenters. The van der Waals surface area contributed by atoms with Crippen LogP contribution in [0, 0.1) is 13.8 Å². The molecule has 2 aromatic rings. The molecule has 6 nitrogen and oxygen atoms in total. The van der Waals surface area contributed by atoms with E-state index in [9.17, 15) is 4.79 Å². The van der Waals surface area contributed by atoms with Gasteiger partial charge in [0.15, 0.2) is 0 Å². The predicted molar refractivity (Wildman–Crippen MR) is 66.7 cm³/mol. The minimum Gasteiger partial charge on any atom is -0.290 e. The van der Waals surface area contributed by atoms with Gasteiger partial charge in [-0.3, -0.25) is 19.9 Å². The predicted octanol–water partition coefficient (Wildman–Crippen LogP) is 0.547. The number of nitrogens with one attached hydrogen (secondary N) is 1. The molecule has 0 radical (unpaired) electrons. The lowest BCUT2D eigenvalue weighted by Gasteiger charge is -2.05. The molecule has 2 rings (SSSR count). The van der Waals surface area contributed by atoms with Crippen LogP contribution in [0.25, 0.3) is 0 Å². The van der Waals surface area contributed by atoms with E-state index in [0.717, 1.165) is 17.1 Å². The quantitative estimate of drug-likeness (QED) is 0.469. The Labute approximate surface area is 105 Å². The van der Waals surface area contributed by atoms with Gasteiger partial charge in [0.05, 0.1) is 23.5 Å². The molecule has 94 valence electrons. The van der Waals surface area contributed by atoms with Crippen molar-refractivity contribution >= 4 is 5.91 Å². The molecule has 0 fully saturated rings. The van der Waals surface area contributed by atoms with Crippen LogP contribution in [0.15, 0.2) is 24.4 Å². The Hall–Kier alpha value is -2.21. The zero-order valence-electron chi connectivity index (χ0n) is 10.3. The van der Waals surface area contributed by atoms with Gasteiger partial charge in [-0.05, 0) is 32.0 Å². The highest BCUT2D eigenvalue weighted by molar-refractivity contribution is 5.93. The van der Waals surface area contributed by atoms with Crippen molar-refractivity contribution in [3.63, 3.8) is 0 Å². The fraction of sp³-hybridized carbons (Fsp3) is 0.250. The lowest BCUT2D eigenvalue weighted by atomic mass is 10.2. The number of hydrazine groups is 1. The average Bonchev–Trinajstić information content (AvgIpc) is 2.68. The second-order valence-corrected chi connectivity index (χ2v) is 4.10. The Balaban J connectivity index is 2.16. The third kappa shape index (κ3) is 2.54. The highest BCUT2D eigenvalue weighted by Gasteiger charge is 2.06. The molecule has 0 bridgehead atoms. The first kappa shape index (κ1) is 12.3. The minimum atomic E-state index is -0.347. The summed E-state index contributed by atoms with van der Waals surface area (Å²) in [5.41, 5.74) is 5.41. The summed E-state index contributed by atoms with van der Waals surface area (Å²) >= 11 is 0. The van der Waals surface area contributed by atoms with Crippen LogP contribution in [0.4, 0.5) is 0 Å². The number of carbonyl (C=O) groups is 1. The van der Waals surface area contributed by atoms with Gasteiger partial charge in [-0.15, -0.1) is 0 Å². The number of hydrogen-bond acceptors (Lipinski definition) is 4. The van der Waals surface area contributed by atoms with E-state index in [0.29, 0.717) is 12.1 Å². The van der Waals surface area contributed by atoms with Gasteiger partial charge in [-0.25, -0.2) is 5.84 Å². The maximum absolute atomic E-state index is 11.2. The number of hydrogen-bond donors (Lipinski definition) is 2. The second kappa shape index (κ2) is 4.97. The summed E-state index contributed by atoms with van der Waals surface area (Å²) in [4.78, 5) is 15.5. The summed E-state index contributed by atoms with van der Waals surface area (Å²) in [6, 6.07) is 5.49. The van der Waals surface area contributed by atoms with E-state index in [4.69, 9.17) is 5.84 Å². The molecule has 0 spiro atoms. The number of nitrogens with two attached hydrogens (primary N) is 1. The van der Waals surface area contributed by atoms with Gasteiger partial charge in [0.1, 0.15) is 0 Å². The molecule has 0 aliphatic rings. The first-order chi connectivity index (χ1) is 8.60. The van der Waals surface area contributed by atoms with Crippen LogP contribution < -0.4 is 11.3 Å². The van der Waals surface area contributed by atoms with Crippen molar-refractivity contribution in [1.29, 1.82) is 0 Å². The Bertz CT molecular complexity index is 558. The fourth-order valence-corrected chi connectivity index (χ4v) is 1.72. The molecule has 0 aliphatic carbocycles. The van der Waals surface area contributed by atoms with Gasteiger partial charge >= 0.3 is 0 Å². The highest BCUT2D eigenvalue weighted by atomic mass is 16.2. The molecule has 0 saturated carbocycles. The van der Waals surface area contributed by atoms with Crippen molar-refractivity contribution in [1.82, 2.24) is 20.2 Å². The minimum absolute atomic E-state index is 0.347. The molecule has 0 aliphatic heterocycles. The fourth-order valence-electron chi connectivity index (χ4n) is 1.72. The zero-order chi connectivity index (χ0) is 13.1. The molecular formula is C12H15N5O. The molecule has 6 heteroatoms. The lowest BCUT2D eigenvalue weighted by molar-refractivity contribution is 0.0953. The third-order valence-electron chi connectivity index (χ3n) is 2.63. The van der Waals surface area contributed by atoms with E-state index < -0.39 is 0 Å². The van der Waals surface area contributed by atoms with Crippen molar-refractivity contribution < 1.29 is 4.79 Å². The van der Waals surface area contributed by atoms with Crippen molar-refractivity contribution in [2.24, 2.45) is 5.84 Å². The van der Waals surface area contributed by atoms with Crippen molar-refractivity contribution in [2.75, 3.05) is 0 Å². The number of rotatable bonds is 3. The molecule has 0 saturated heterocycles. The number of nitrogens with zero attached hydrogens (tertiary/aromatic N) is 3. The summed E-state index contributed by atoms with van der Waals surface area (Å²) in [7, 11) is 0. The van der Waals surface area contributed by atoms with Gasteiger partial charge in [0.2, 0.25) is 0 Å². The Morgan fingerprint density at radius 2 is 2.22 bits per heavy atom. The summed E-state index contributed by atoms with van der Waals surface area (Å²) in [5.74, 6) is 4.70. The van der Waals surface area contributed by atoms with E-state index in [1.54, 1.807) is 12.1 Å². The summed E-state index contributed by atoms with van der Waals surface area (Å²) in [5, 5.41) is 4.36. The van der Waals surface area contributed by atoms with Crippen LogP contribution in [-0.4, -0.2) is 20.7 Å². The SMILES string of the molecule is Cc1cc(C)n(Cc2ccc(C(=O)NN)cn2)n1. The molecule has 0 aromatic carbocycles. The van der Waals surface area contributed by atoms with Crippen molar-refractivity contribution in [3.05, 3.63) is 47.0 Å². The standard InChI is InChI=1S/C12H15N5O/c1-8-5-9(2)17(16-8)7-11-4-3-10(6-14-11)12(18)15-13/h3-6H,7,13H2,1-2H3,(H,15,18). The monoisotopic (exact) mass is 245 g/mol. The maximum atomic E-state index is 11.2.